The van der Waals surface area contributed by atoms with Crippen molar-refractivity contribution in [1.29, 1.82) is 0 Å². The minimum absolute atomic E-state index is 0.0156. The number of nitrogens with two attached hydrogens (primary N) is 1. The summed E-state index contributed by atoms with van der Waals surface area (Å²) in [5.74, 6) is -1.28. The molecule has 0 saturated carbocycles. The molecule has 3 N–H and O–H groups in total. The number of fused-ring (bicyclic) bond motifs is 2. The molecule has 7 nitrogen and oxygen atoms in total. The molecule has 1 aromatic heterocycles. The first kappa shape index (κ1) is 19.1. The molecule has 0 amide bonds. The molecular weight excluding hydrogens is 370 g/mol. The number of nitrogen functional groups attached to an aromatic ring is 1. The molecule has 0 bridgehead atoms. The van der Waals surface area contributed by atoms with Gasteiger partial charge in [0.2, 0.25) is 0 Å². The van der Waals surface area contributed by atoms with Crippen molar-refractivity contribution >= 4 is 28.9 Å². The number of rotatable bonds is 2. The van der Waals surface area contributed by atoms with Crippen LogP contribution in [0.5, 0.6) is 0 Å². The lowest BCUT2D eigenvalue weighted by molar-refractivity contribution is -0.384. The van der Waals surface area contributed by atoms with Gasteiger partial charge in [0.05, 0.1) is 15.5 Å². The van der Waals surface area contributed by atoms with E-state index in [9.17, 15) is 14.9 Å². The average molecular weight is 390 g/mol. The molecule has 4 rings (SSSR count). The molecule has 2 aromatic rings. The second-order valence-electron chi connectivity index (χ2n) is 6.66. The number of carboxylic acid groups (broad SMARTS) is 1. The fraction of sp³-hybridized carbons (Fsp3) is 0.368. The number of anilines is 1. The predicted molar refractivity (Wildman–Crippen MR) is 102 cm³/mol. The maximum atomic E-state index is 10.5. The van der Waals surface area contributed by atoms with Crippen molar-refractivity contribution < 1.29 is 14.8 Å². The first-order valence-corrected chi connectivity index (χ1v) is 9.22. The van der Waals surface area contributed by atoms with Gasteiger partial charge in [-0.2, -0.15) is 0 Å². The fourth-order valence-electron chi connectivity index (χ4n) is 3.58. The number of carbonyl (C=O) groups is 1. The minimum Gasteiger partial charge on any atom is -0.478 e. The Morgan fingerprint density at radius 3 is 2.33 bits per heavy atom. The lowest BCUT2D eigenvalue weighted by atomic mass is 9.92. The van der Waals surface area contributed by atoms with Gasteiger partial charge in [0.1, 0.15) is 0 Å². The quantitative estimate of drug-likeness (QED) is 0.592. The van der Waals surface area contributed by atoms with Crippen molar-refractivity contribution in [2.75, 3.05) is 5.73 Å². The largest absolute Gasteiger partial charge is 0.478 e. The number of aryl methyl sites for hydroxylation is 2. The summed E-state index contributed by atoms with van der Waals surface area (Å²) in [6.07, 6.45) is 8.42. The molecule has 0 radical (unpaired) electrons. The van der Waals surface area contributed by atoms with Gasteiger partial charge in [-0.25, -0.2) is 4.79 Å². The highest BCUT2D eigenvalue weighted by atomic mass is 35.5. The fourth-order valence-corrected chi connectivity index (χ4v) is 3.78. The summed E-state index contributed by atoms with van der Waals surface area (Å²) >= 11 is 5.49. The van der Waals surface area contributed by atoms with Crippen LogP contribution in [-0.4, -0.2) is 21.0 Å². The van der Waals surface area contributed by atoms with Crippen LogP contribution in [-0.2, 0) is 25.7 Å². The minimum atomic E-state index is -1.28. The second-order valence-corrected chi connectivity index (χ2v) is 7.07. The summed E-state index contributed by atoms with van der Waals surface area (Å²) in [6, 6.07) is 3.25. The van der Waals surface area contributed by atoms with Gasteiger partial charge in [-0.1, -0.05) is 11.6 Å². The van der Waals surface area contributed by atoms with E-state index in [2.05, 4.69) is 0 Å². The van der Waals surface area contributed by atoms with Gasteiger partial charge in [-0.15, -0.1) is 0 Å². The highest BCUT2D eigenvalue weighted by Gasteiger charge is 2.22. The van der Waals surface area contributed by atoms with Crippen LogP contribution in [0, 0.1) is 10.1 Å². The molecule has 0 atom stereocenters. The third-order valence-electron chi connectivity index (χ3n) is 4.94. The van der Waals surface area contributed by atoms with E-state index >= 15 is 0 Å². The SMILES string of the molecule is Nc1c2c(nc3c1CCC3)CCCC2.O=C(O)c1cc([N+](=O)[O-])ccc1Cl. The molecular formula is C19H20ClN3O4. The summed E-state index contributed by atoms with van der Waals surface area (Å²) in [6.45, 7) is 0. The number of hydrogen-bond acceptors (Lipinski definition) is 5. The Balaban J connectivity index is 0.000000157. The van der Waals surface area contributed by atoms with Gasteiger partial charge < -0.3 is 10.8 Å². The van der Waals surface area contributed by atoms with Crippen molar-refractivity contribution in [3.63, 3.8) is 0 Å². The molecule has 0 spiro atoms. The van der Waals surface area contributed by atoms with E-state index in [1.807, 2.05) is 0 Å². The number of carboxylic acids is 1. The molecule has 0 fully saturated rings. The van der Waals surface area contributed by atoms with E-state index in [0.717, 1.165) is 43.5 Å². The summed E-state index contributed by atoms with van der Waals surface area (Å²) in [5.41, 5.74) is 12.1. The van der Waals surface area contributed by atoms with E-state index in [1.54, 1.807) is 0 Å². The van der Waals surface area contributed by atoms with E-state index in [4.69, 9.17) is 27.4 Å². The molecule has 1 heterocycles. The molecule has 0 unspecified atom stereocenters. The Morgan fingerprint density at radius 1 is 1.11 bits per heavy atom. The van der Waals surface area contributed by atoms with Crippen molar-refractivity contribution in [1.82, 2.24) is 4.98 Å². The Hall–Kier alpha value is -2.67. The summed E-state index contributed by atoms with van der Waals surface area (Å²) in [4.78, 5) is 24.8. The number of halogens is 1. The highest BCUT2D eigenvalue weighted by Crippen LogP contribution is 2.33. The first-order chi connectivity index (χ1) is 12.9. The first-order valence-electron chi connectivity index (χ1n) is 8.84. The summed E-state index contributed by atoms with van der Waals surface area (Å²) in [5, 5.41) is 18.8. The number of hydrogen-bond donors (Lipinski definition) is 2. The van der Waals surface area contributed by atoms with Gasteiger partial charge in [-0.05, 0) is 62.1 Å². The molecule has 0 aliphatic heterocycles. The number of nitrogens with zero attached hydrogens (tertiary/aromatic N) is 2. The van der Waals surface area contributed by atoms with Gasteiger partial charge >= 0.3 is 5.97 Å². The van der Waals surface area contributed by atoms with Crippen LogP contribution in [0.25, 0.3) is 0 Å². The Morgan fingerprint density at radius 2 is 1.70 bits per heavy atom. The number of nitro benzene ring substituents is 1. The van der Waals surface area contributed by atoms with Gasteiger partial charge in [-0.3, -0.25) is 15.1 Å². The third-order valence-corrected chi connectivity index (χ3v) is 5.27. The standard InChI is InChI=1S/C12H16N2.C7H4ClNO4/c13-12-8-4-1-2-6-10(8)14-11-7-3-5-9(11)12;8-6-2-1-4(9(12)13)3-5(6)7(10)11/h1-7H2,(H2,13,14);1-3H,(H,10,11). The number of non-ortho nitro benzene ring substituents is 1. The maximum absolute atomic E-state index is 10.5. The van der Waals surface area contributed by atoms with Crippen LogP contribution in [0.15, 0.2) is 18.2 Å². The van der Waals surface area contributed by atoms with E-state index in [-0.39, 0.29) is 16.3 Å². The number of aromatic nitrogens is 1. The lowest BCUT2D eigenvalue weighted by Crippen LogP contribution is -2.12. The van der Waals surface area contributed by atoms with E-state index in [1.165, 1.54) is 47.8 Å². The number of nitro groups is 1. The topological polar surface area (TPSA) is 119 Å². The summed E-state index contributed by atoms with van der Waals surface area (Å²) in [7, 11) is 0. The Labute approximate surface area is 161 Å². The molecule has 142 valence electrons. The zero-order chi connectivity index (χ0) is 19.6. The monoisotopic (exact) mass is 389 g/mol. The number of benzene rings is 1. The molecule has 1 aromatic carbocycles. The highest BCUT2D eigenvalue weighted by molar-refractivity contribution is 6.33. The lowest BCUT2D eigenvalue weighted by Gasteiger charge is -2.19. The van der Waals surface area contributed by atoms with E-state index in [0.29, 0.717) is 0 Å². The summed E-state index contributed by atoms with van der Waals surface area (Å²) < 4.78 is 0. The second kappa shape index (κ2) is 7.92. The van der Waals surface area contributed by atoms with Crippen molar-refractivity contribution in [3.05, 3.63) is 61.4 Å². The van der Waals surface area contributed by atoms with Gasteiger partial charge in [0, 0.05) is 29.2 Å². The van der Waals surface area contributed by atoms with Crippen molar-refractivity contribution in [3.8, 4) is 0 Å². The van der Waals surface area contributed by atoms with Crippen LogP contribution in [0.3, 0.4) is 0 Å². The molecule has 8 heteroatoms. The van der Waals surface area contributed by atoms with Crippen molar-refractivity contribution in [2.24, 2.45) is 0 Å². The smallest absolute Gasteiger partial charge is 0.337 e. The van der Waals surface area contributed by atoms with Crippen LogP contribution < -0.4 is 5.73 Å². The Kier molecular flexibility index (Phi) is 5.60. The average Bonchev–Trinajstić information content (AvgIpc) is 3.11. The number of pyridine rings is 1. The zero-order valence-corrected chi connectivity index (χ0v) is 15.5. The predicted octanol–water partition coefficient (Wildman–Crippen LogP) is 3.98. The van der Waals surface area contributed by atoms with Gasteiger partial charge in [0.25, 0.3) is 5.69 Å². The van der Waals surface area contributed by atoms with E-state index < -0.39 is 10.9 Å². The number of aromatic carboxylic acids is 1. The normalized spacial score (nSPS) is 14.6. The molecule has 0 saturated heterocycles. The Bertz CT molecular complexity index is 914. The maximum Gasteiger partial charge on any atom is 0.337 e. The molecule has 2 aliphatic carbocycles. The van der Waals surface area contributed by atoms with Crippen LogP contribution >= 0.6 is 11.6 Å². The van der Waals surface area contributed by atoms with Crippen LogP contribution in [0.4, 0.5) is 11.4 Å². The molecule has 27 heavy (non-hydrogen) atoms. The third kappa shape index (κ3) is 4.03. The molecule has 2 aliphatic rings. The van der Waals surface area contributed by atoms with Crippen molar-refractivity contribution in [2.45, 2.75) is 44.9 Å². The van der Waals surface area contributed by atoms with Crippen LogP contribution in [0.1, 0.15) is 52.1 Å². The zero-order valence-electron chi connectivity index (χ0n) is 14.7. The van der Waals surface area contributed by atoms with Gasteiger partial charge in [0.15, 0.2) is 0 Å². The van der Waals surface area contributed by atoms with Crippen LogP contribution in [0.2, 0.25) is 5.02 Å².